The van der Waals surface area contributed by atoms with Gasteiger partial charge in [-0.25, -0.2) is 0 Å². The summed E-state index contributed by atoms with van der Waals surface area (Å²) in [5.74, 6) is 0. The first-order valence-corrected chi connectivity index (χ1v) is 8.38. The van der Waals surface area contributed by atoms with Crippen LogP contribution in [0, 0.1) is 0 Å². The van der Waals surface area contributed by atoms with E-state index in [4.69, 9.17) is 16.3 Å². The predicted molar refractivity (Wildman–Crippen MR) is 91.9 cm³/mol. The number of rotatable bonds is 5. The summed E-state index contributed by atoms with van der Waals surface area (Å²) in [6.07, 6.45) is -0.307. The highest BCUT2D eigenvalue weighted by molar-refractivity contribution is 6.32. The van der Waals surface area contributed by atoms with Crippen LogP contribution in [-0.2, 0) is 10.9 Å². The van der Waals surface area contributed by atoms with Crippen molar-refractivity contribution in [2.45, 2.75) is 31.0 Å². The summed E-state index contributed by atoms with van der Waals surface area (Å²) in [6, 6.07) is 4.35. The minimum absolute atomic E-state index is 0.00868. The molecular formula is C17H17ClF3N3O2. The van der Waals surface area contributed by atoms with Crippen molar-refractivity contribution in [3.05, 3.63) is 51.4 Å². The topological polar surface area (TPSA) is 56.1 Å². The number of benzene rings is 1. The van der Waals surface area contributed by atoms with Crippen molar-refractivity contribution in [1.82, 2.24) is 9.78 Å². The number of halogens is 4. The average Bonchev–Trinajstić information content (AvgIpc) is 2.57. The van der Waals surface area contributed by atoms with Gasteiger partial charge in [0.15, 0.2) is 0 Å². The molecule has 0 saturated heterocycles. The lowest BCUT2D eigenvalue weighted by Gasteiger charge is -2.40. The van der Waals surface area contributed by atoms with Gasteiger partial charge in [-0.3, -0.25) is 4.79 Å². The summed E-state index contributed by atoms with van der Waals surface area (Å²) in [7, 11) is 1.63. The van der Waals surface area contributed by atoms with Crippen molar-refractivity contribution in [1.29, 1.82) is 0 Å². The van der Waals surface area contributed by atoms with Crippen LogP contribution in [-0.4, -0.2) is 29.0 Å². The Hall–Kier alpha value is -2.06. The molecule has 5 nitrogen and oxygen atoms in total. The molecular weight excluding hydrogens is 371 g/mol. The van der Waals surface area contributed by atoms with Crippen LogP contribution in [0.1, 0.15) is 24.8 Å². The number of hydrogen-bond donors (Lipinski definition) is 1. The first-order valence-electron chi connectivity index (χ1n) is 8.00. The zero-order valence-corrected chi connectivity index (χ0v) is 14.7. The Balaban J connectivity index is 1.87. The van der Waals surface area contributed by atoms with Crippen molar-refractivity contribution >= 4 is 17.3 Å². The van der Waals surface area contributed by atoms with E-state index in [-0.39, 0.29) is 16.3 Å². The van der Waals surface area contributed by atoms with Crippen LogP contribution in [0.3, 0.4) is 0 Å². The highest BCUT2D eigenvalue weighted by Gasteiger charge is 2.37. The van der Waals surface area contributed by atoms with Crippen molar-refractivity contribution in [2.24, 2.45) is 0 Å². The standard InChI is InChI=1S/C17H17ClF3N3O2/c1-26-16(6-3-7-16)10-22-13-9-23-24(15(25)14(13)18)12-5-2-4-11(8-12)17(19,20)21/h2,4-5,8-9,22H,3,6-7,10H2,1H3. The molecule has 1 N–H and O–H groups in total. The van der Waals surface area contributed by atoms with Crippen molar-refractivity contribution in [2.75, 3.05) is 19.0 Å². The van der Waals surface area contributed by atoms with Gasteiger partial charge in [-0.1, -0.05) is 17.7 Å². The monoisotopic (exact) mass is 387 g/mol. The van der Waals surface area contributed by atoms with Gasteiger partial charge in [-0.05, 0) is 37.5 Å². The minimum atomic E-state index is -4.51. The second kappa shape index (κ2) is 6.92. The van der Waals surface area contributed by atoms with Gasteiger partial charge in [0.05, 0.1) is 28.7 Å². The van der Waals surface area contributed by atoms with Crippen LogP contribution in [0.15, 0.2) is 35.3 Å². The van der Waals surface area contributed by atoms with Gasteiger partial charge < -0.3 is 10.1 Å². The summed E-state index contributed by atoms with van der Waals surface area (Å²) >= 11 is 6.11. The second-order valence-corrected chi connectivity index (χ2v) is 6.61. The van der Waals surface area contributed by atoms with E-state index in [1.54, 1.807) is 7.11 Å². The fourth-order valence-electron chi connectivity index (χ4n) is 2.83. The average molecular weight is 388 g/mol. The molecule has 1 aliphatic carbocycles. The molecule has 1 aromatic carbocycles. The van der Waals surface area contributed by atoms with Crippen LogP contribution in [0.5, 0.6) is 0 Å². The lowest BCUT2D eigenvalue weighted by atomic mass is 9.80. The zero-order chi connectivity index (χ0) is 18.9. The Morgan fingerprint density at radius 2 is 2.12 bits per heavy atom. The van der Waals surface area contributed by atoms with Crippen molar-refractivity contribution in [3.63, 3.8) is 0 Å². The Labute approximate surface area is 152 Å². The van der Waals surface area contributed by atoms with E-state index in [9.17, 15) is 18.0 Å². The highest BCUT2D eigenvalue weighted by Crippen LogP contribution is 2.35. The van der Waals surface area contributed by atoms with Crippen LogP contribution in [0.4, 0.5) is 18.9 Å². The van der Waals surface area contributed by atoms with Crippen LogP contribution in [0.25, 0.3) is 5.69 Å². The largest absolute Gasteiger partial charge is 0.416 e. The number of methoxy groups -OCH3 is 1. The Kier molecular flexibility index (Phi) is 4.98. The molecule has 140 valence electrons. The third-order valence-corrected chi connectivity index (χ3v) is 5.00. The maximum absolute atomic E-state index is 12.9. The summed E-state index contributed by atoms with van der Waals surface area (Å²) in [5, 5.41) is 6.86. The van der Waals surface area contributed by atoms with E-state index in [1.165, 1.54) is 18.3 Å². The lowest BCUT2D eigenvalue weighted by Crippen LogP contribution is -2.45. The first-order chi connectivity index (χ1) is 12.3. The maximum Gasteiger partial charge on any atom is 0.416 e. The summed E-state index contributed by atoms with van der Waals surface area (Å²) < 4.78 is 44.9. The minimum Gasteiger partial charge on any atom is -0.379 e. The molecule has 0 radical (unpaired) electrons. The SMILES string of the molecule is COC1(CNc2cnn(-c3cccc(C(F)(F)F)c3)c(=O)c2Cl)CCC1. The molecule has 9 heteroatoms. The highest BCUT2D eigenvalue weighted by atomic mass is 35.5. The summed E-state index contributed by atoms with van der Waals surface area (Å²) in [5.41, 5.74) is -1.53. The molecule has 1 saturated carbocycles. The number of aromatic nitrogens is 2. The van der Waals surface area contributed by atoms with E-state index >= 15 is 0 Å². The maximum atomic E-state index is 12.9. The zero-order valence-electron chi connectivity index (χ0n) is 13.9. The van der Waals surface area contributed by atoms with Crippen LogP contribution >= 0.6 is 11.6 Å². The lowest BCUT2D eigenvalue weighted by molar-refractivity contribution is -0.137. The second-order valence-electron chi connectivity index (χ2n) is 6.23. The van der Waals surface area contributed by atoms with E-state index in [0.717, 1.165) is 36.1 Å². The van der Waals surface area contributed by atoms with E-state index in [0.29, 0.717) is 12.2 Å². The van der Waals surface area contributed by atoms with E-state index in [2.05, 4.69) is 10.4 Å². The number of nitrogens with one attached hydrogen (secondary N) is 1. The van der Waals surface area contributed by atoms with Gasteiger partial charge in [0.25, 0.3) is 5.56 Å². The van der Waals surface area contributed by atoms with Gasteiger partial charge in [-0.2, -0.15) is 23.0 Å². The molecule has 0 spiro atoms. The molecule has 1 heterocycles. The quantitative estimate of drug-likeness (QED) is 0.845. The third-order valence-electron chi connectivity index (χ3n) is 4.64. The number of alkyl halides is 3. The molecule has 0 atom stereocenters. The van der Waals surface area contributed by atoms with Gasteiger partial charge in [0.1, 0.15) is 5.02 Å². The van der Waals surface area contributed by atoms with Gasteiger partial charge in [0.2, 0.25) is 0 Å². The predicted octanol–water partition coefficient (Wildman–Crippen LogP) is 3.89. The van der Waals surface area contributed by atoms with Gasteiger partial charge >= 0.3 is 6.18 Å². The Morgan fingerprint density at radius 3 is 2.69 bits per heavy atom. The number of hydrogen-bond acceptors (Lipinski definition) is 4. The first kappa shape index (κ1) is 18.7. The van der Waals surface area contributed by atoms with Crippen LogP contribution in [0.2, 0.25) is 5.02 Å². The smallest absolute Gasteiger partial charge is 0.379 e. The fraction of sp³-hybridized carbons (Fsp3) is 0.412. The fourth-order valence-corrected chi connectivity index (χ4v) is 3.03. The third kappa shape index (κ3) is 3.57. The molecule has 2 aromatic rings. The van der Waals surface area contributed by atoms with E-state index in [1.807, 2.05) is 0 Å². The molecule has 0 unspecified atom stereocenters. The summed E-state index contributed by atoms with van der Waals surface area (Å²) in [4.78, 5) is 12.4. The molecule has 26 heavy (non-hydrogen) atoms. The number of anilines is 1. The Bertz CT molecular complexity index is 858. The Morgan fingerprint density at radius 1 is 1.38 bits per heavy atom. The molecule has 3 rings (SSSR count). The van der Waals surface area contributed by atoms with Gasteiger partial charge in [-0.15, -0.1) is 0 Å². The molecule has 1 fully saturated rings. The molecule has 1 aromatic heterocycles. The molecule has 0 amide bonds. The number of nitrogens with zero attached hydrogens (tertiary/aromatic N) is 2. The molecule has 1 aliphatic rings. The normalized spacial score (nSPS) is 16.2. The van der Waals surface area contributed by atoms with E-state index < -0.39 is 17.3 Å². The van der Waals surface area contributed by atoms with Crippen LogP contribution < -0.4 is 10.9 Å². The van der Waals surface area contributed by atoms with Crippen molar-refractivity contribution < 1.29 is 17.9 Å². The summed E-state index contributed by atoms with van der Waals surface area (Å²) in [6.45, 7) is 0.470. The molecule has 0 aliphatic heterocycles. The van der Waals surface area contributed by atoms with Crippen molar-refractivity contribution in [3.8, 4) is 5.69 Å². The molecule has 0 bridgehead atoms. The number of ether oxygens (including phenoxy) is 1. The van der Waals surface area contributed by atoms with Gasteiger partial charge in [0, 0.05) is 13.7 Å².